The summed E-state index contributed by atoms with van der Waals surface area (Å²) in [5, 5.41) is 18.8. The smallest absolute Gasteiger partial charge is 0.246 e. The van der Waals surface area contributed by atoms with Gasteiger partial charge in [-0.25, -0.2) is 0 Å². The summed E-state index contributed by atoms with van der Waals surface area (Å²) in [6, 6.07) is 6.55. The van der Waals surface area contributed by atoms with Gasteiger partial charge in [0.15, 0.2) is 5.96 Å². The van der Waals surface area contributed by atoms with Crippen LogP contribution < -0.4 is 64.9 Å². The number of methoxy groups -OCH3 is 1. The van der Waals surface area contributed by atoms with Crippen LogP contribution in [0, 0.1) is 5.92 Å². The van der Waals surface area contributed by atoms with E-state index in [-0.39, 0.29) is 63.3 Å². The van der Waals surface area contributed by atoms with E-state index in [9.17, 15) is 47.9 Å². The Morgan fingerprint density at radius 1 is 0.792 bits per heavy atom. The van der Waals surface area contributed by atoms with Crippen LogP contribution in [-0.4, -0.2) is 149 Å². The Labute approximate surface area is 456 Å². The summed E-state index contributed by atoms with van der Waals surface area (Å²) in [5.41, 5.74) is 23.1. The number of primary amides is 2. The highest BCUT2D eigenvalue weighted by atomic mass is 33.1. The number of nitrogens with two attached hydrogens (primary N) is 4. The molecule has 2 aromatic rings. The number of amides is 10. The second-order valence-electron chi connectivity index (χ2n) is 19.3. The zero-order chi connectivity index (χ0) is 56.8. The zero-order valence-electron chi connectivity index (χ0n) is 44.2. The van der Waals surface area contributed by atoms with Crippen molar-refractivity contribution in [2.75, 3.05) is 32.5 Å². The van der Waals surface area contributed by atoms with E-state index in [1.165, 1.54) is 33.6 Å². The minimum absolute atomic E-state index is 0.0219. The Bertz CT molecular complexity index is 2420. The average molecular weight is 1110 g/mol. The molecule has 2 aliphatic heterocycles. The topological polar surface area (TPSA) is 384 Å². The van der Waals surface area contributed by atoms with E-state index in [0.717, 1.165) is 0 Å². The molecule has 7 atom stereocenters. The summed E-state index contributed by atoms with van der Waals surface area (Å²) in [7, 11) is 3.98. The molecule has 422 valence electrons. The van der Waals surface area contributed by atoms with Crippen molar-refractivity contribution < 1.29 is 52.7 Å². The predicted molar refractivity (Wildman–Crippen MR) is 292 cm³/mol. The van der Waals surface area contributed by atoms with Gasteiger partial charge in [0.05, 0.1) is 20.1 Å². The third-order valence-electron chi connectivity index (χ3n) is 13.2. The Balaban J connectivity index is 1.76. The van der Waals surface area contributed by atoms with Crippen LogP contribution >= 0.6 is 21.6 Å². The highest BCUT2D eigenvalue weighted by Crippen LogP contribution is 2.44. The molecule has 4 rings (SSSR count). The van der Waals surface area contributed by atoms with Crippen LogP contribution in [0.1, 0.15) is 90.2 Å². The summed E-state index contributed by atoms with van der Waals surface area (Å²) < 4.78 is 4.52. The number of nitrogens with one attached hydrogen (secondary N) is 7. The summed E-state index contributed by atoms with van der Waals surface area (Å²) in [5.74, 6) is -8.11. The van der Waals surface area contributed by atoms with Gasteiger partial charge in [0.25, 0.3) is 0 Å². The fourth-order valence-corrected chi connectivity index (χ4v) is 12.1. The van der Waals surface area contributed by atoms with Crippen molar-refractivity contribution >= 4 is 86.6 Å². The van der Waals surface area contributed by atoms with Gasteiger partial charge in [0.1, 0.15) is 48.0 Å². The lowest BCUT2D eigenvalue weighted by atomic mass is 9.96. The van der Waals surface area contributed by atoms with Crippen molar-refractivity contribution in [2.45, 2.75) is 139 Å². The van der Waals surface area contributed by atoms with E-state index in [2.05, 4.69) is 42.2 Å². The largest absolute Gasteiger partial charge is 0.497 e. The van der Waals surface area contributed by atoms with Gasteiger partial charge in [-0.15, -0.1) is 0 Å². The second-order valence-corrected chi connectivity index (χ2v) is 22.1. The standard InChI is InChI=1S/C51H75N13O11S2/c1-6-51(7-2)26-41(67)58-34(24-31-17-19-32(75-5)20-18-31)44(69)60-35(23-30-13-9-8-10-14-30)46(71)63-42(29(3)4)48(73)61-36(25-39(52)65)45(70)62-37(28-76-77-51)49(74)64-22-12-16-38(64)47(72)59-33(15-11-21-56-50(54)55)43(68)57-27-40(53)66/h8-10,13-14,17-20,29,33-38,42H,6-7,11-12,15-16,21-28H2,1-5H3,(H2,52,65)(H2,53,66)(H,57,68)(H,58,67)(H,59,72)(H,60,69)(H,61,73)(H,62,70)(H,63,71)(H4,54,55,56)/t33-,34-,35-,36-,37-,38-,42-/m0/s1. The van der Waals surface area contributed by atoms with Crippen LogP contribution in [0.3, 0.4) is 0 Å². The number of likely N-dealkylation sites (tertiary alicyclic amines) is 1. The molecule has 0 radical (unpaired) electrons. The molecule has 0 bridgehead atoms. The molecule has 0 spiro atoms. The molecular weight excluding hydrogens is 1030 g/mol. The molecular formula is C51H75N13O11S2. The first-order valence-corrected chi connectivity index (χ1v) is 27.9. The second kappa shape index (κ2) is 30.6. The summed E-state index contributed by atoms with van der Waals surface area (Å²) >= 11 is 0. The molecule has 2 saturated heterocycles. The predicted octanol–water partition coefficient (Wildman–Crippen LogP) is -1.09. The lowest BCUT2D eigenvalue weighted by Gasteiger charge is -2.33. The van der Waals surface area contributed by atoms with E-state index < -0.39 is 125 Å². The van der Waals surface area contributed by atoms with Gasteiger partial charge in [-0.05, 0) is 67.7 Å². The number of benzene rings is 2. The number of rotatable bonds is 20. The van der Waals surface area contributed by atoms with Crippen LogP contribution in [0.5, 0.6) is 5.75 Å². The first kappa shape index (κ1) is 62.4. The van der Waals surface area contributed by atoms with Crippen LogP contribution in [0.2, 0.25) is 0 Å². The van der Waals surface area contributed by atoms with Gasteiger partial charge in [-0.1, -0.05) is 91.7 Å². The van der Waals surface area contributed by atoms with Crippen molar-refractivity contribution in [1.82, 2.24) is 42.1 Å². The number of hydrogen-bond donors (Lipinski definition) is 11. The molecule has 0 saturated carbocycles. The monoisotopic (exact) mass is 1110 g/mol. The summed E-state index contributed by atoms with van der Waals surface area (Å²) in [6.45, 7) is 6.72. The van der Waals surface area contributed by atoms with E-state index in [1.54, 1.807) is 68.4 Å². The van der Waals surface area contributed by atoms with E-state index in [4.69, 9.17) is 27.7 Å². The normalized spacial score (nSPS) is 22.2. The van der Waals surface area contributed by atoms with Crippen molar-refractivity contribution in [3.63, 3.8) is 0 Å². The Kier molecular flexibility index (Phi) is 24.8. The van der Waals surface area contributed by atoms with Gasteiger partial charge >= 0.3 is 0 Å². The zero-order valence-corrected chi connectivity index (χ0v) is 45.9. The minimum Gasteiger partial charge on any atom is -0.497 e. The average Bonchev–Trinajstić information content (AvgIpc) is 3.89. The van der Waals surface area contributed by atoms with E-state index >= 15 is 0 Å². The molecule has 10 amide bonds. The Morgan fingerprint density at radius 3 is 2.00 bits per heavy atom. The van der Waals surface area contributed by atoms with Crippen molar-refractivity contribution in [1.29, 1.82) is 0 Å². The highest BCUT2D eigenvalue weighted by molar-refractivity contribution is 8.77. The molecule has 2 aliphatic rings. The number of ether oxygens (including phenoxy) is 1. The third-order valence-corrected chi connectivity index (χ3v) is 16.6. The maximum absolute atomic E-state index is 14.9. The number of guanidine groups is 1. The summed E-state index contributed by atoms with van der Waals surface area (Å²) in [6.07, 6.45) is 0.852. The first-order chi connectivity index (χ1) is 36.6. The Hall–Kier alpha value is -7.09. The highest BCUT2D eigenvalue weighted by Gasteiger charge is 2.42. The van der Waals surface area contributed by atoms with Crippen molar-refractivity contribution in [3.8, 4) is 5.75 Å². The van der Waals surface area contributed by atoms with Crippen LogP contribution in [0.15, 0.2) is 59.6 Å². The van der Waals surface area contributed by atoms with Crippen LogP contribution in [0.4, 0.5) is 0 Å². The molecule has 26 heteroatoms. The van der Waals surface area contributed by atoms with Crippen molar-refractivity contribution in [3.05, 3.63) is 65.7 Å². The molecule has 2 aromatic carbocycles. The number of nitrogens with zero attached hydrogens (tertiary/aromatic N) is 2. The quantitative estimate of drug-likeness (QED) is 0.0325. The lowest BCUT2D eigenvalue weighted by molar-refractivity contribution is -0.142. The molecule has 15 N–H and O–H groups in total. The van der Waals surface area contributed by atoms with Crippen LogP contribution in [-0.2, 0) is 60.8 Å². The fourth-order valence-electron chi connectivity index (χ4n) is 8.70. The number of carbonyl (C=O) groups excluding carboxylic acids is 10. The molecule has 24 nitrogen and oxygen atoms in total. The molecule has 77 heavy (non-hydrogen) atoms. The molecule has 0 aliphatic carbocycles. The molecule has 0 aromatic heterocycles. The summed E-state index contributed by atoms with van der Waals surface area (Å²) in [4.78, 5) is 143. The first-order valence-electron chi connectivity index (χ1n) is 25.6. The van der Waals surface area contributed by atoms with E-state index in [0.29, 0.717) is 36.1 Å². The lowest BCUT2D eigenvalue weighted by Crippen LogP contribution is -2.61. The van der Waals surface area contributed by atoms with E-state index in [1.807, 2.05) is 13.8 Å². The third kappa shape index (κ3) is 19.8. The fraction of sp³-hybridized carbons (Fsp3) is 0.549. The number of hydrogen-bond acceptors (Lipinski definition) is 14. The Morgan fingerprint density at radius 2 is 1.40 bits per heavy atom. The van der Waals surface area contributed by atoms with Gasteiger partial charge in [-0.2, -0.15) is 0 Å². The van der Waals surface area contributed by atoms with Crippen LogP contribution in [0.25, 0.3) is 0 Å². The maximum Gasteiger partial charge on any atom is 0.246 e. The van der Waals surface area contributed by atoms with Gasteiger partial charge in [0.2, 0.25) is 59.1 Å². The maximum atomic E-state index is 14.9. The number of carbonyl (C=O) groups is 10. The van der Waals surface area contributed by atoms with Crippen molar-refractivity contribution in [2.24, 2.45) is 33.8 Å². The molecule has 0 unspecified atom stereocenters. The molecule has 2 heterocycles. The van der Waals surface area contributed by atoms with Gasteiger partial charge in [-0.3, -0.25) is 52.9 Å². The van der Waals surface area contributed by atoms with Gasteiger partial charge in [0, 0.05) is 42.9 Å². The SMILES string of the molecule is CCC1(CC)CC(=O)N[C@@H](Cc2ccc(OC)cc2)C(=O)N[C@@H](Cc2ccccc2)C(=O)N[C@@H](C(C)C)C(=O)N[C@@H](CC(N)=O)C(=O)N[C@H](C(=O)N2CCC[C@H]2C(=O)N[C@@H](CCCN=C(N)N)C(=O)NCC(N)=O)CSS1. The van der Waals surface area contributed by atoms with Gasteiger partial charge < -0.3 is 69.8 Å². The minimum atomic E-state index is -1.67. The number of aliphatic imine (C=N–C) groups is 1. The molecule has 2 fully saturated rings.